The van der Waals surface area contributed by atoms with Crippen molar-refractivity contribution >= 4 is 23.2 Å². The average molecular weight is 456 g/mol. The van der Waals surface area contributed by atoms with E-state index in [9.17, 15) is 9.59 Å². The van der Waals surface area contributed by atoms with Gasteiger partial charge < -0.3 is 5.32 Å². The molecule has 33 heavy (non-hydrogen) atoms. The molecule has 0 bridgehead atoms. The first-order valence-electron chi connectivity index (χ1n) is 13.4. The van der Waals surface area contributed by atoms with E-state index in [2.05, 4.69) is 17.3 Å². The highest BCUT2D eigenvalue weighted by Crippen LogP contribution is 2.20. The van der Waals surface area contributed by atoms with Gasteiger partial charge in [-0.05, 0) is 25.5 Å². The van der Waals surface area contributed by atoms with Crippen LogP contribution in [-0.4, -0.2) is 23.6 Å². The van der Waals surface area contributed by atoms with Crippen LogP contribution in [0.4, 0.5) is 5.69 Å². The molecule has 1 aromatic rings. The Morgan fingerprint density at radius 3 is 1.82 bits per heavy atom. The van der Waals surface area contributed by atoms with Crippen LogP contribution in [0.25, 0.3) is 0 Å². The van der Waals surface area contributed by atoms with Gasteiger partial charge in [-0.15, -0.1) is 0 Å². The summed E-state index contributed by atoms with van der Waals surface area (Å²) in [6.07, 6.45) is 20.1. The van der Waals surface area contributed by atoms with E-state index in [0.717, 1.165) is 18.5 Å². The van der Waals surface area contributed by atoms with E-state index in [4.69, 9.17) is 0 Å². The van der Waals surface area contributed by atoms with Crippen molar-refractivity contribution in [2.24, 2.45) is 5.10 Å². The highest BCUT2D eigenvalue weighted by molar-refractivity contribution is 6.19. The zero-order valence-electron chi connectivity index (χ0n) is 21.0. The Bertz CT molecular complexity index is 717. The molecule has 0 saturated heterocycles. The minimum Gasteiger partial charge on any atom is -0.339 e. The van der Waals surface area contributed by atoms with Crippen molar-refractivity contribution in [2.45, 2.75) is 123 Å². The number of anilines is 1. The van der Waals surface area contributed by atoms with Gasteiger partial charge in [0.2, 0.25) is 5.91 Å². The van der Waals surface area contributed by atoms with Gasteiger partial charge in [0.15, 0.2) is 6.04 Å². The lowest BCUT2D eigenvalue weighted by molar-refractivity contribution is -0.125. The monoisotopic (exact) mass is 455 g/mol. The summed E-state index contributed by atoms with van der Waals surface area (Å²) in [5.41, 5.74) is 1.36. The fourth-order valence-corrected chi connectivity index (χ4v) is 4.38. The molecule has 5 nitrogen and oxygen atoms in total. The Kier molecular flexibility index (Phi) is 13.5. The van der Waals surface area contributed by atoms with Gasteiger partial charge in [0.1, 0.15) is 0 Å². The van der Waals surface area contributed by atoms with Gasteiger partial charge in [-0.2, -0.15) is 10.1 Å². The van der Waals surface area contributed by atoms with Gasteiger partial charge in [-0.3, -0.25) is 9.59 Å². The number of rotatable bonds is 18. The van der Waals surface area contributed by atoms with Crippen LogP contribution in [0.2, 0.25) is 0 Å². The van der Waals surface area contributed by atoms with Crippen LogP contribution in [0.5, 0.6) is 0 Å². The van der Waals surface area contributed by atoms with Crippen molar-refractivity contribution < 1.29 is 9.59 Å². The van der Waals surface area contributed by atoms with Crippen LogP contribution >= 0.6 is 0 Å². The minimum atomic E-state index is -0.644. The van der Waals surface area contributed by atoms with Crippen molar-refractivity contribution in [1.82, 2.24) is 5.32 Å². The van der Waals surface area contributed by atoms with Gasteiger partial charge in [-0.1, -0.05) is 115 Å². The molecule has 2 amide bonds. The zero-order chi connectivity index (χ0) is 23.7. The van der Waals surface area contributed by atoms with Crippen molar-refractivity contribution in [3.8, 4) is 0 Å². The number of hydrogen-bond acceptors (Lipinski definition) is 3. The molecule has 184 valence electrons. The molecule has 1 heterocycles. The fraction of sp³-hybridized carbons (Fsp3) is 0.679. The maximum atomic E-state index is 12.7. The first-order valence-corrected chi connectivity index (χ1v) is 13.4. The van der Waals surface area contributed by atoms with Gasteiger partial charge in [-0.25, -0.2) is 0 Å². The molecule has 5 heteroatoms. The highest BCUT2D eigenvalue weighted by Gasteiger charge is 2.35. The summed E-state index contributed by atoms with van der Waals surface area (Å²) in [4.78, 5) is 25.0. The van der Waals surface area contributed by atoms with E-state index in [1.165, 1.54) is 88.5 Å². The van der Waals surface area contributed by atoms with Crippen molar-refractivity contribution in [3.05, 3.63) is 30.3 Å². The number of carbonyl (C=O) groups is 2. The largest absolute Gasteiger partial charge is 0.339 e. The predicted molar refractivity (Wildman–Crippen MR) is 139 cm³/mol. The molecule has 1 aromatic carbocycles. The third-order valence-electron chi connectivity index (χ3n) is 6.44. The number of hydrogen-bond donors (Lipinski definition) is 1. The first-order chi connectivity index (χ1) is 16.1. The summed E-state index contributed by atoms with van der Waals surface area (Å²) in [6, 6.07) is 8.68. The van der Waals surface area contributed by atoms with Gasteiger partial charge in [0.25, 0.3) is 5.91 Å². The Labute approximate surface area is 201 Å². The molecule has 1 N–H and O–H groups in total. The quantitative estimate of drug-likeness (QED) is 0.239. The van der Waals surface area contributed by atoms with E-state index >= 15 is 0 Å². The molecule has 0 unspecified atom stereocenters. The summed E-state index contributed by atoms with van der Waals surface area (Å²) in [7, 11) is 0. The topological polar surface area (TPSA) is 61.8 Å². The van der Waals surface area contributed by atoms with Crippen molar-refractivity contribution in [1.29, 1.82) is 0 Å². The van der Waals surface area contributed by atoms with Crippen molar-refractivity contribution in [2.75, 3.05) is 5.01 Å². The third-order valence-corrected chi connectivity index (χ3v) is 6.44. The van der Waals surface area contributed by atoms with E-state index in [0.29, 0.717) is 12.1 Å². The Balaban J connectivity index is 1.45. The molecule has 0 aromatic heterocycles. The molecule has 1 aliphatic heterocycles. The van der Waals surface area contributed by atoms with Crippen LogP contribution in [0.3, 0.4) is 0 Å². The first kappa shape index (κ1) is 27.1. The lowest BCUT2D eigenvalue weighted by Crippen LogP contribution is -2.45. The predicted octanol–water partition coefficient (Wildman–Crippen LogP) is 7.16. The average Bonchev–Trinajstić information content (AvgIpc) is 3.10. The SMILES string of the molecule is CCCCCCCCCCCCCCCCCC(=O)N[C@H]1C(=O)N(c2ccccc2)N=C1C. The van der Waals surface area contributed by atoms with Crippen LogP contribution < -0.4 is 10.3 Å². The summed E-state index contributed by atoms with van der Waals surface area (Å²) in [5, 5.41) is 8.59. The normalized spacial score (nSPS) is 15.7. The smallest absolute Gasteiger partial charge is 0.275 e. The number of benzene rings is 1. The third kappa shape index (κ3) is 10.5. The second-order valence-corrected chi connectivity index (χ2v) is 9.43. The van der Waals surface area contributed by atoms with Crippen LogP contribution in [-0.2, 0) is 9.59 Å². The van der Waals surface area contributed by atoms with E-state index < -0.39 is 6.04 Å². The maximum absolute atomic E-state index is 12.7. The molecule has 1 aliphatic rings. The zero-order valence-corrected chi connectivity index (χ0v) is 21.0. The van der Waals surface area contributed by atoms with Gasteiger partial charge in [0.05, 0.1) is 11.4 Å². The number of nitrogens with zero attached hydrogens (tertiary/aromatic N) is 2. The van der Waals surface area contributed by atoms with Crippen LogP contribution in [0.15, 0.2) is 35.4 Å². The second-order valence-electron chi connectivity index (χ2n) is 9.43. The standard InChI is InChI=1S/C28H45N3O2/c1-3-4-5-6-7-8-9-10-11-12-13-14-15-16-20-23-26(32)29-27-24(2)30-31(28(27)33)25-21-18-17-19-22-25/h17-19,21-22,27H,3-16,20,23H2,1-2H3,(H,29,32)/t27-/m1/s1. The highest BCUT2D eigenvalue weighted by atomic mass is 16.2. The number of hydrazone groups is 1. The van der Waals surface area contributed by atoms with Crippen molar-refractivity contribution in [3.63, 3.8) is 0 Å². The fourth-order valence-electron chi connectivity index (χ4n) is 4.38. The Morgan fingerprint density at radius 1 is 0.818 bits per heavy atom. The molecule has 0 spiro atoms. The Morgan fingerprint density at radius 2 is 1.30 bits per heavy atom. The molecule has 0 saturated carbocycles. The molecule has 0 radical (unpaired) electrons. The Hall–Kier alpha value is -2.17. The summed E-state index contributed by atoms with van der Waals surface area (Å²) >= 11 is 0. The lowest BCUT2D eigenvalue weighted by Gasteiger charge is -2.15. The molecule has 0 aliphatic carbocycles. The number of para-hydroxylation sites is 1. The molecule has 1 atom stereocenters. The van der Waals surface area contributed by atoms with Crippen LogP contribution in [0, 0.1) is 0 Å². The number of carbonyl (C=O) groups excluding carboxylic acids is 2. The second kappa shape index (κ2) is 16.4. The van der Waals surface area contributed by atoms with Crippen LogP contribution in [0.1, 0.15) is 117 Å². The summed E-state index contributed by atoms with van der Waals surface area (Å²) in [6.45, 7) is 4.06. The molecular weight excluding hydrogens is 410 g/mol. The number of unbranched alkanes of at least 4 members (excludes halogenated alkanes) is 14. The summed E-state index contributed by atoms with van der Waals surface area (Å²) in [5.74, 6) is -0.254. The molecular formula is C28H45N3O2. The van der Waals surface area contributed by atoms with Gasteiger partial charge in [0, 0.05) is 6.42 Å². The van der Waals surface area contributed by atoms with E-state index in [1.54, 1.807) is 6.92 Å². The molecule has 0 fully saturated rings. The van der Waals surface area contributed by atoms with E-state index in [1.807, 2.05) is 30.3 Å². The lowest BCUT2D eigenvalue weighted by atomic mass is 10.0. The summed E-state index contributed by atoms with van der Waals surface area (Å²) < 4.78 is 0. The van der Waals surface area contributed by atoms with E-state index in [-0.39, 0.29) is 11.8 Å². The minimum absolute atomic E-state index is 0.0625. The number of nitrogens with one attached hydrogen (secondary N) is 1. The van der Waals surface area contributed by atoms with Gasteiger partial charge >= 0.3 is 0 Å². The molecule has 2 rings (SSSR count). The number of amides is 2. The maximum Gasteiger partial charge on any atom is 0.275 e.